The van der Waals surface area contributed by atoms with Gasteiger partial charge in [-0.1, -0.05) is 22.0 Å². The molecule has 5 heteroatoms. The number of alkyl halides is 1. The smallest absolute Gasteiger partial charge is 0.321 e. The predicted octanol–water partition coefficient (Wildman–Crippen LogP) is 1.84. The van der Waals surface area contributed by atoms with Crippen LogP contribution in [-0.2, 0) is 22.4 Å². The van der Waals surface area contributed by atoms with Gasteiger partial charge in [-0.25, -0.2) is 0 Å². The molecule has 0 saturated heterocycles. The number of hydrogen-bond donors (Lipinski definition) is 1. The molecule has 0 saturated carbocycles. The summed E-state index contributed by atoms with van der Waals surface area (Å²) in [6.45, 7) is 0.211. The fraction of sp³-hybridized carbons (Fsp3) is 0.429. The Balaban J connectivity index is 1.95. The molecule has 0 fully saturated rings. The molecule has 0 radical (unpaired) electrons. The molecular weight excluding hydrogens is 310 g/mol. The van der Waals surface area contributed by atoms with Gasteiger partial charge in [0.15, 0.2) is 0 Å². The van der Waals surface area contributed by atoms with E-state index in [0.29, 0.717) is 5.56 Å². The van der Waals surface area contributed by atoms with Crippen LogP contribution in [-0.4, -0.2) is 30.4 Å². The number of ether oxygens (including phenoxy) is 1. The third-order valence-electron chi connectivity index (χ3n) is 3.26. The first kappa shape index (κ1) is 14.1. The minimum absolute atomic E-state index is 0.164. The van der Waals surface area contributed by atoms with Gasteiger partial charge in [0.1, 0.15) is 4.83 Å². The number of benzene rings is 1. The molecule has 1 atom stereocenters. The summed E-state index contributed by atoms with van der Waals surface area (Å²) in [5.41, 5.74) is 3.24. The zero-order valence-corrected chi connectivity index (χ0v) is 12.3. The van der Waals surface area contributed by atoms with Gasteiger partial charge in [-0.2, -0.15) is 0 Å². The number of rotatable bonds is 4. The number of fused-ring (bicyclic) bond motifs is 1. The summed E-state index contributed by atoms with van der Waals surface area (Å²) >= 11 is 3.16. The number of carbonyl (C=O) groups is 2. The van der Waals surface area contributed by atoms with Crippen LogP contribution < -0.4 is 5.32 Å². The van der Waals surface area contributed by atoms with Gasteiger partial charge in [0.2, 0.25) is 0 Å². The number of amides is 1. The summed E-state index contributed by atoms with van der Waals surface area (Å²) in [5, 5.41) is 2.72. The maximum Gasteiger partial charge on any atom is 0.321 e. The Morgan fingerprint density at radius 2 is 2.11 bits per heavy atom. The minimum atomic E-state index is -0.518. The molecule has 1 aromatic rings. The molecule has 2 rings (SSSR count). The lowest BCUT2D eigenvalue weighted by Gasteiger charge is -2.10. The molecule has 0 heterocycles. The van der Waals surface area contributed by atoms with E-state index in [9.17, 15) is 9.59 Å². The summed E-state index contributed by atoms with van der Waals surface area (Å²) < 4.78 is 4.57. The van der Waals surface area contributed by atoms with Gasteiger partial charge >= 0.3 is 5.97 Å². The molecule has 4 nitrogen and oxygen atoms in total. The number of carbonyl (C=O) groups excluding carboxylic acids is 2. The number of halogens is 1. The molecule has 1 aliphatic carbocycles. The van der Waals surface area contributed by atoms with E-state index in [1.165, 1.54) is 18.2 Å². The summed E-state index contributed by atoms with van der Waals surface area (Å²) in [6.07, 6.45) is 3.30. The van der Waals surface area contributed by atoms with E-state index in [0.717, 1.165) is 19.3 Å². The molecule has 0 spiro atoms. The molecule has 0 aromatic heterocycles. The summed E-state index contributed by atoms with van der Waals surface area (Å²) in [5.74, 6) is -0.558. The van der Waals surface area contributed by atoms with E-state index < -0.39 is 10.8 Å². The van der Waals surface area contributed by atoms with Gasteiger partial charge in [0.25, 0.3) is 5.91 Å². The Kier molecular flexibility index (Phi) is 4.58. The second-order valence-corrected chi connectivity index (χ2v) is 5.64. The van der Waals surface area contributed by atoms with Crippen molar-refractivity contribution in [3.63, 3.8) is 0 Å². The van der Waals surface area contributed by atoms with Crippen molar-refractivity contribution in [2.24, 2.45) is 0 Å². The van der Waals surface area contributed by atoms with E-state index in [1.54, 1.807) is 0 Å². The highest BCUT2D eigenvalue weighted by atomic mass is 79.9. The molecule has 1 N–H and O–H groups in total. The first-order valence-corrected chi connectivity index (χ1v) is 7.15. The Morgan fingerprint density at radius 3 is 2.84 bits per heavy atom. The predicted molar refractivity (Wildman–Crippen MR) is 75.5 cm³/mol. The van der Waals surface area contributed by atoms with Gasteiger partial charge in [-0.05, 0) is 42.5 Å². The average Bonchev–Trinajstić information content (AvgIpc) is 2.90. The fourth-order valence-corrected chi connectivity index (χ4v) is 2.56. The quantitative estimate of drug-likeness (QED) is 0.679. The molecule has 1 unspecified atom stereocenters. The molecule has 0 bridgehead atoms. The fourth-order valence-electron chi connectivity index (χ4n) is 2.21. The van der Waals surface area contributed by atoms with Gasteiger partial charge in [-0.3, -0.25) is 9.59 Å². The molecule has 0 aliphatic heterocycles. The first-order chi connectivity index (χ1) is 9.11. The van der Waals surface area contributed by atoms with Gasteiger partial charge in [0.05, 0.1) is 7.11 Å². The van der Waals surface area contributed by atoms with Crippen molar-refractivity contribution in [3.05, 3.63) is 34.9 Å². The lowest BCUT2D eigenvalue weighted by Crippen LogP contribution is -2.33. The van der Waals surface area contributed by atoms with Crippen LogP contribution in [0, 0.1) is 0 Å². The Hall–Kier alpha value is -1.36. The lowest BCUT2D eigenvalue weighted by molar-refractivity contribution is -0.139. The highest BCUT2D eigenvalue weighted by molar-refractivity contribution is 9.10. The van der Waals surface area contributed by atoms with Crippen LogP contribution in [0.15, 0.2) is 18.2 Å². The minimum Gasteiger partial charge on any atom is -0.468 e. The zero-order valence-electron chi connectivity index (χ0n) is 10.7. The topological polar surface area (TPSA) is 55.4 Å². The van der Waals surface area contributed by atoms with Gasteiger partial charge < -0.3 is 10.1 Å². The maximum absolute atomic E-state index is 12.0. The molecule has 102 valence electrons. The summed E-state index contributed by atoms with van der Waals surface area (Å²) in [4.78, 5) is 22.7. The lowest BCUT2D eigenvalue weighted by atomic mass is 10.1. The van der Waals surface area contributed by atoms with Crippen molar-refractivity contribution in [1.82, 2.24) is 5.32 Å². The largest absolute Gasteiger partial charge is 0.468 e. The highest BCUT2D eigenvalue weighted by Crippen LogP contribution is 2.22. The van der Waals surface area contributed by atoms with Crippen molar-refractivity contribution in [1.29, 1.82) is 0 Å². The number of aryl methyl sites for hydroxylation is 2. The van der Waals surface area contributed by atoms with Crippen molar-refractivity contribution in [2.45, 2.75) is 24.1 Å². The molecular formula is C14H16BrNO3. The van der Waals surface area contributed by atoms with Gasteiger partial charge in [0, 0.05) is 12.1 Å². The Morgan fingerprint density at radius 1 is 1.37 bits per heavy atom. The van der Waals surface area contributed by atoms with Crippen LogP contribution in [0.4, 0.5) is 0 Å². The van der Waals surface area contributed by atoms with Crippen LogP contribution in [0.1, 0.15) is 27.9 Å². The van der Waals surface area contributed by atoms with Crippen molar-refractivity contribution >= 4 is 27.8 Å². The normalized spacial score (nSPS) is 14.6. The summed E-state index contributed by atoms with van der Waals surface area (Å²) in [7, 11) is 1.32. The van der Waals surface area contributed by atoms with Crippen molar-refractivity contribution in [2.75, 3.05) is 13.7 Å². The average molecular weight is 326 g/mol. The second-order valence-electron chi connectivity index (χ2n) is 4.54. The van der Waals surface area contributed by atoms with Crippen LogP contribution in [0.3, 0.4) is 0 Å². The monoisotopic (exact) mass is 325 g/mol. The standard InChI is InChI=1S/C14H16BrNO3/c1-19-14(18)12(15)8-16-13(17)11-6-5-9-3-2-4-10(9)7-11/h5-7,12H,2-4,8H2,1H3,(H,16,17). The second kappa shape index (κ2) is 6.19. The van der Waals surface area contributed by atoms with E-state index >= 15 is 0 Å². The number of hydrogen-bond acceptors (Lipinski definition) is 3. The number of methoxy groups -OCH3 is 1. The van der Waals surface area contributed by atoms with Crippen LogP contribution in [0.2, 0.25) is 0 Å². The van der Waals surface area contributed by atoms with E-state index in [-0.39, 0.29) is 12.5 Å². The van der Waals surface area contributed by atoms with E-state index in [1.807, 2.05) is 18.2 Å². The molecule has 1 amide bonds. The SMILES string of the molecule is COC(=O)C(Br)CNC(=O)c1ccc2c(c1)CCC2. The Labute approximate surface area is 120 Å². The third kappa shape index (κ3) is 3.35. The zero-order chi connectivity index (χ0) is 13.8. The Bertz CT molecular complexity index is 501. The van der Waals surface area contributed by atoms with Gasteiger partial charge in [-0.15, -0.1) is 0 Å². The third-order valence-corrected chi connectivity index (χ3v) is 3.96. The maximum atomic E-state index is 12.0. The molecule has 1 aromatic carbocycles. The van der Waals surface area contributed by atoms with Crippen LogP contribution in [0.5, 0.6) is 0 Å². The first-order valence-electron chi connectivity index (χ1n) is 6.23. The van der Waals surface area contributed by atoms with Crippen molar-refractivity contribution in [3.8, 4) is 0 Å². The van der Waals surface area contributed by atoms with Crippen molar-refractivity contribution < 1.29 is 14.3 Å². The number of nitrogens with one attached hydrogen (secondary N) is 1. The van der Waals surface area contributed by atoms with E-state index in [4.69, 9.17) is 0 Å². The molecule has 1 aliphatic rings. The highest BCUT2D eigenvalue weighted by Gasteiger charge is 2.18. The summed E-state index contributed by atoms with van der Waals surface area (Å²) in [6, 6.07) is 5.79. The molecule has 19 heavy (non-hydrogen) atoms. The van der Waals surface area contributed by atoms with E-state index in [2.05, 4.69) is 26.0 Å². The number of esters is 1. The van der Waals surface area contributed by atoms with Crippen LogP contribution in [0.25, 0.3) is 0 Å². The van der Waals surface area contributed by atoms with Crippen LogP contribution >= 0.6 is 15.9 Å².